The Morgan fingerprint density at radius 3 is 3.00 bits per heavy atom. The van der Waals surface area contributed by atoms with Crippen LogP contribution in [0.5, 0.6) is 0 Å². The van der Waals surface area contributed by atoms with E-state index in [2.05, 4.69) is 0 Å². The van der Waals surface area contributed by atoms with E-state index < -0.39 is 0 Å². The summed E-state index contributed by atoms with van der Waals surface area (Å²) in [5.74, 6) is -0.274. The number of furan rings is 1. The lowest BCUT2D eigenvalue weighted by Crippen LogP contribution is -2.28. The summed E-state index contributed by atoms with van der Waals surface area (Å²) in [6, 6.07) is 7.80. The fraction of sp³-hybridized carbons (Fsp3) is 0.154. The minimum absolute atomic E-state index is 0.223. The normalized spacial score (nSPS) is 13.8. The van der Waals surface area contributed by atoms with Crippen molar-refractivity contribution in [3.05, 3.63) is 53.7 Å². The van der Waals surface area contributed by atoms with E-state index in [1.807, 2.05) is 0 Å². The molecule has 1 aliphatic heterocycles. The van der Waals surface area contributed by atoms with E-state index in [4.69, 9.17) is 4.42 Å². The van der Waals surface area contributed by atoms with Crippen molar-refractivity contribution in [1.82, 2.24) is 0 Å². The lowest BCUT2D eigenvalue weighted by molar-refractivity contribution is 0.0963. The molecule has 1 amide bonds. The Morgan fingerprint density at radius 1 is 1.35 bits per heavy atom. The van der Waals surface area contributed by atoms with E-state index in [1.165, 1.54) is 18.4 Å². The average Bonchev–Trinajstić information content (AvgIpc) is 2.97. The second kappa shape index (κ2) is 3.73. The molecule has 1 aromatic carbocycles. The minimum Gasteiger partial charge on any atom is -0.459 e. The Kier molecular flexibility index (Phi) is 2.21. The molecule has 0 bridgehead atoms. The molecule has 0 unspecified atom stereocenters. The first-order valence-electron chi connectivity index (χ1n) is 5.39. The van der Waals surface area contributed by atoms with Gasteiger partial charge in [-0.2, -0.15) is 0 Å². The van der Waals surface area contributed by atoms with Crippen LogP contribution >= 0.6 is 0 Å². The second-order valence-corrected chi connectivity index (χ2v) is 3.96. The molecule has 2 heterocycles. The molecule has 2 aromatic rings. The standard InChI is InChI=1S/C13H10FNO2/c14-10-4-3-9-5-6-15(11(9)8-10)13(16)12-2-1-7-17-12/h1-4,7-8H,5-6H2. The molecule has 0 spiro atoms. The molecule has 0 saturated heterocycles. The predicted molar refractivity (Wildman–Crippen MR) is 60.5 cm³/mol. The fourth-order valence-electron chi connectivity index (χ4n) is 2.10. The van der Waals surface area contributed by atoms with Crippen molar-refractivity contribution < 1.29 is 13.6 Å². The topological polar surface area (TPSA) is 33.5 Å². The number of halogens is 1. The molecule has 3 rings (SSSR count). The van der Waals surface area contributed by atoms with Gasteiger partial charge in [-0.25, -0.2) is 4.39 Å². The van der Waals surface area contributed by atoms with Crippen molar-refractivity contribution in [3.8, 4) is 0 Å². The Morgan fingerprint density at radius 2 is 2.24 bits per heavy atom. The summed E-state index contributed by atoms with van der Waals surface area (Å²) >= 11 is 0. The van der Waals surface area contributed by atoms with Gasteiger partial charge in [-0.3, -0.25) is 4.79 Å². The average molecular weight is 231 g/mol. The Balaban J connectivity index is 1.98. The highest BCUT2D eigenvalue weighted by Crippen LogP contribution is 2.29. The van der Waals surface area contributed by atoms with Crippen molar-refractivity contribution in [1.29, 1.82) is 0 Å². The van der Waals surface area contributed by atoms with Gasteiger partial charge in [-0.1, -0.05) is 6.07 Å². The third kappa shape index (κ3) is 1.62. The van der Waals surface area contributed by atoms with Crippen LogP contribution in [-0.4, -0.2) is 12.5 Å². The van der Waals surface area contributed by atoms with Crippen molar-refractivity contribution in [2.24, 2.45) is 0 Å². The molecule has 0 fully saturated rings. The maximum Gasteiger partial charge on any atom is 0.293 e. The van der Waals surface area contributed by atoms with Crippen LogP contribution in [0.25, 0.3) is 0 Å². The molecule has 0 N–H and O–H groups in total. The van der Waals surface area contributed by atoms with Crippen molar-refractivity contribution >= 4 is 11.6 Å². The fourth-order valence-corrected chi connectivity index (χ4v) is 2.10. The maximum atomic E-state index is 13.2. The zero-order chi connectivity index (χ0) is 11.8. The van der Waals surface area contributed by atoms with E-state index in [0.717, 1.165) is 12.0 Å². The first kappa shape index (κ1) is 10.1. The highest BCUT2D eigenvalue weighted by molar-refractivity contribution is 6.05. The number of hydrogen-bond donors (Lipinski definition) is 0. The number of anilines is 1. The van der Waals surface area contributed by atoms with E-state index in [1.54, 1.807) is 23.1 Å². The van der Waals surface area contributed by atoms with Gasteiger partial charge in [0.25, 0.3) is 5.91 Å². The number of hydrogen-bond acceptors (Lipinski definition) is 2. The van der Waals surface area contributed by atoms with E-state index in [-0.39, 0.29) is 17.5 Å². The molecule has 0 aliphatic carbocycles. The van der Waals surface area contributed by atoms with E-state index >= 15 is 0 Å². The molecule has 17 heavy (non-hydrogen) atoms. The molecule has 3 nitrogen and oxygen atoms in total. The van der Waals surface area contributed by atoms with Gasteiger partial charge >= 0.3 is 0 Å². The van der Waals surface area contributed by atoms with Crippen LogP contribution in [0.15, 0.2) is 41.0 Å². The van der Waals surface area contributed by atoms with Crippen LogP contribution in [0.2, 0.25) is 0 Å². The van der Waals surface area contributed by atoms with Crippen molar-refractivity contribution in [3.63, 3.8) is 0 Å². The summed E-state index contributed by atoms with van der Waals surface area (Å²) in [7, 11) is 0. The number of carbonyl (C=O) groups is 1. The molecule has 0 radical (unpaired) electrons. The van der Waals surface area contributed by atoms with E-state index in [0.29, 0.717) is 12.2 Å². The lowest BCUT2D eigenvalue weighted by Gasteiger charge is -2.15. The zero-order valence-electron chi connectivity index (χ0n) is 9.02. The van der Waals surface area contributed by atoms with Gasteiger partial charge in [0.1, 0.15) is 5.82 Å². The first-order chi connectivity index (χ1) is 8.25. The second-order valence-electron chi connectivity index (χ2n) is 3.96. The number of carbonyl (C=O) groups excluding carboxylic acids is 1. The van der Waals surface area contributed by atoms with Crippen LogP contribution in [0, 0.1) is 5.82 Å². The molecular formula is C13H10FNO2. The molecule has 86 valence electrons. The SMILES string of the molecule is O=C(c1ccco1)N1CCc2ccc(F)cc21. The van der Waals surface area contributed by atoms with Crippen LogP contribution < -0.4 is 4.90 Å². The van der Waals surface area contributed by atoms with Crippen molar-refractivity contribution in [2.75, 3.05) is 11.4 Å². The lowest BCUT2D eigenvalue weighted by atomic mass is 10.2. The summed E-state index contributed by atoms with van der Waals surface area (Å²) in [6.45, 7) is 0.568. The zero-order valence-corrected chi connectivity index (χ0v) is 9.02. The van der Waals surface area contributed by atoms with Gasteiger partial charge in [0.05, 0.1) is 12.0 Å². The summed E-state index contributed by atoms with van der Waals surface area (Å²) in [4.78, 5) is 13.6. The van der Waals surface area contributed by atoms with Crippen LogP contribution in [0.3, 0.4) is 0 Å². The molecule has 0 saturated carbocycles. The summed E-state index contributed by atoms with van der Waals surface area (Å²) in [6.07, 6.45) is 2.21. The smallest absolute Gasteiger partial charge is 0.293 e. The quantitative estimate of drug-likeness (QED) is 0.755. The van der Waals surface area contributed by atoms with Gasteiger partial charge in [-0.15, -0.1) is 0 Å². The first-order valence-corrected chi connectivity index (χ1v) is 5.39. The van der Waals surface area contributed by atoms with Gasteiger partial charge in [0, 0.05) is 6.54 Å². The van der Waals surface area contributed by atoms with Gasteiger partial charge < -0.3 is 9.32 Å². The third-order valence-corrected chi connectivity index (χ3v) is 2.92. The third-order valence-electron chi connectivity index (χ3n) is 2.92. The van der Waals surface area contributed by atoms with Gasteiger partial charge in [0.2, 0.25) is 0 Å². The number of benzene rings is 1. The monoisotopic (exact) mass is 231 g/mol. The number of fused-ring (bicyclic) bond motifs is 1. The maximum absolute atomic E-state index is 13.2. The largest absolute Gasteiger partial charge is 0.459 e. The molecule has 1 aromatic heterocycles. The summed E-state index contributed by atoms with van der Waals surface area (Å²) in [5.41, 5.74) is 1.64. The number of nitrogens with zero attached hydrogens (tertiary/aromatic N) is 1. The van der Waals surface area contributed by atoms with Crippen molar-refractivity contribution in [2.45, 2.75) is 6.42 Å². The predicted octanol–water partition coefficient (Wildman–Crippen LogP) is 2.62. The number of rotatable bonds is 1. The molecular weight excluding hydrogens is 221 g/mol. The molecule has 4 heteroatoms. The minimum atomic E-state index is -0.331. The molecule has 0 atom stereocenters. The van der Waals surface area contributed by atoms with Crippen LogP contribution in [0.4, 0.5) is 10.1 Å². The molecule has 1 aliphatic rings. The van der Waals surface area contributed by atoms with E-state index in [9.17, 15) is 9.18 Å². The Bertz CT molecular complexity index is 563. The summed E-state index contributed by atoms with van der Waals surface area (Å²) in [5, 5.41) is 0. The Hall–Kier alpha value is -2.10. The van der Waals surface area contributed by atoms with Crippen LogP contribution in [-0.2, 0) is 6.42 Å². The highest BCUT2D eigenvalue weighted by atomic mass is 19.1. The van der Waals surface area contributed by atoms with Gasteiger partial charge in [-0.05, 0) is 36.2 Å². The Labute approximate surface area is 97.5 Å². The van der Waals surface area contributed by atoms with Crippen LogP contribution in [0.1, 0.15) is 16.1 Å². The number of amides is 1. The highest BCUT2D eigenvalue weighted by Gasteiger charge is 2.27. The van der Waals surface area contributed by atoms with Gasteiger partial charge in [0.15, 0.2) is 5.76 Å². The summed E-state index contributed by atoms with van der Waals surface area (Å²) < 4.78 is 18.2.